The van der Waals surface area contributed by atoms with E-state index >= 15 is 0 Å². The van der Waals surface area contributed by atoms with Crippen molar-refractivity contribution in [3.8, 4) is 0 Å². The molecule has 3 amide bonds. The molecular formula is C29H28N4O9. The van der Waals surface area contributed by atoms with Crippen molar-refractivity contribution in [1.82, 2.24) is 4.90 Å². The molecule has 0 bridgehead atoms. The van der Waals surface area contributed by atoms with E-state index in [0.717, 1.165) is 9.80 Å². The number of carboxylic acids is 2. The number of hydrogen-bond donors (Lipinski definition) is 3. The van der Waals surface area contributed by atoms with E-state index < -0.39 is 40.6 Å². The molecule has 3 aromatic rings. The maximum atomic E-state index is 13.1. The molecule has 0 fully saturated rings. The smallest absolute Gasteiger partial charge is 0.395 e. The number of nitrogens with zero attached hydrogens (tertiary/aromatic N) is 3. The van der Waals surface area contributed by atoms with Crippen LogP contribution in [0.15, 0.2) is 66.7 Å². The second-order valence-electron chi connectivity index (χ2n) is 9.26. The molecule has 0 aliphatic heterocycles. The van der Waals surface area contributed by atoms with Gasteiger partial charge in [-0.1, -0.05) is 43.3 Å². The van der Waals surface area contributed by atoms with E-state index in [0.29, 0.717) is 23.1 Å². The number of rotatable bonds is 10. The zero-order chi connectivity index (χ0) is 31.1. The zero-order valence-corrected chi connectivity index (χ0v) is 22.7. The van der Waals surface area contributed by atoms with Gasteiger partial charge in [0.05, 0.1) is 34.4 Å². The number of nitrogens with two attached hydrogens (primary N) is 1. The maximum Gasteiger partial charge on any atom is 0.395 e. The highest BCUT2D eigenvalue weighted by molar-refractivity contribution is 6.39. The van der Waals surface area contributed by atoms with E-state index in [-0.39, 0.29) is 35.6 Å². The lowest BCUT2D eigenvalue weighted by atomic mass is 9.99. The van der Waals surface area contributed by atoms with Crippen molar-refractivity contribution >= 4 is 46.7 Å². The van der Waals surface area contributed by atoms with Crippen LogP contribution in [0.1, 0.15) is 40.9 Å². The van der Waals surface area contributed by atoms with Crippen molar-refractivity contribution in [1.29, 1.82) is 0 Å². The second-order valence-corrected chi connectivity index (χ2v) is 9.26. The lowest BCUT2D eigenvalue weighted by molar-refractivity contribution is -0.384. The molecule has 42 heavy (non-hydrogen) atoms. The normalized spacial score (nSPS) is 11.3. The summed E-state index contributed by atoms with van der Waals surface area (Å²) < 4.78 is 0. The predicted molar refractivity (Wildman–Crippen MR) is 150 cm³/mol. The van der Waals surface area contributed by atoms with Crippen molar-refractivity contribution < 1.29 is 39.1 Å². The van der Waals surface area contributed by atoms with Crippen LogP contribution < -0.4 is 10.6 Å². The van der Waals surface area contributed by atoms with Crippen LogP contribution in [0.5, 0.6) is 0 Å². The Morgan fingerprint density at radius 1 is 0.929 bits per heavy atom. The van der Waals surface area contributed by atoms with Gasteiger partial charge < -0.3 is 15.9 Å². The van der Waals surface area contributed by atoms with Crippen LogP contribution in [0.4, 0.5) is 17.1 Å². The summed E-state index contributed by atoms with van der Waals surface area (Å²) in [4.78, 5) is 73.8. The van der Waals surface area contributed by atoms with Crippen LogP contribution in [0.25, 0.3) is 0 Å². The van der Waals surface area contributed by atoms with Gasteiger partial charge in [0.2, 0.25) is 11.8 Å². The lowest BCUT2D eigenvalue weighted by Crippen LogP contribution is -2.46. The van der Waals surface area contributed by atoms with Crippen LogP contribution >= 0.6 is 0 Å². The Labute approximate surface area is 239 Å². The fourth-order valence-corrected chi connectivity index (χ4v) is 4.35. The second kappa shape index (κ2) is 13.3. The zero-order valence-electron chi connectivity index (χ0n) is 22.7. The summed E-state index contributed by atoms with van der Waals surface area (Å²) in [5, 5.41) is 30.0. The Balaban J connectivity index is 1.91. The van der Waals surface area contributed by atoms with Gasteiger partial charge in [-0.3, -0.25) is 34.3 Å². The van der Waals surface area contributed by atoms with Crippen molar-refractivity contribution in [3.05, 3.63) is 99.1 Å². The van der Waals surface area contributed by atoms with Crippen LogP contribution in [0, 0.1) is 10.1 Å². The number of nitro benzene ring substituents is 1. The summed E-state index contributed by atoms with van der Waals surface area (Å²) in [6.07, 6.45) is 0.291. The number of aliphatic carboxylic acids is 1. The number of anilines is 2. The van der Waals surface area contributed by atoms with Crippen LogP contribution in [-0.4, -0.2) is 55.7 Å². The number of amides is 3. The standard InChI is InChI=1S/C29H28N4O9/c1-3-20-14-19(10-13-24(20)32(27(36)29(39)40)25-7-5-4-6-22(25)28(37)38)15-23(30)26(35)31(17(2)34)16-18-8-11-21(12-9-18)33(41)42/h4-14,23H,3,15-16,30H2,1-2H3,(H,37,38)(H,39,40). The van der Waals surface area contributed by atoms with Crippen molar-refractivity contribution in [2.45, 2.75) is 39.3 Å². The average molecular weight is 577 g/mol. The molecule has 0 radical (unpaired) electrons. The Kier molecular flexibility index (Phi) is 9.84. The molecule has 0 saturated heterocycles. The summed E-state index contributed by atoms with van der Waals surface area (Å²) in [6, 6.07) is 14.3. The maximum absolute atomic E-state index is 13.1. The van der Waals surface area contributed by atoms with Gasteiger partial charge in [-0.05, 0) is 47.7 Å². The third-order valence-corrected chi connectivity index (χ3v) is 6.43. The molecule has 0 heterocycles. The van der Waals surface area contributed by atoms with Crippen molar-refractivity contribution in [2.24, 2.45) is 5.73 Å². The number of nitro groups is 1. The molecule has 1 unspecified atom stereocenters. The summed E-state index contributed by atoms with van der Waals surface area (Å²) in [6.45, 7) is 2.80. The minimum atomic E-state index is -1.79. The number of carbonyl (C=O) groups excluding carboxylic acids is 3. The first-order valence-corrected chi connectivity index (χ1v) is 12.7. The Morgan fingerprint density at radius 3 is 2.10 bits per heavy atom. The minimum absolute atomic E-state index is 0.0191. The molecule has 0 aliphatic rings. The summed E-state index contributed by atoms with van der Waals surface area (Å²) in [7, 11) is 0. The van der Waals surface area contributed by atoms with E-state index in [1.807, 2.05) is 0 Å². The number of para-hydroxylation sites is 1. The number of carboxylic acid groups (broad SMARTS) is 2. The first kappa shape index (κ1) is 31.1. The highest BCUT2D eigenvalue weighted by Crippen LogP contribution is 2.33. The lowest BCUT2D eigenvalue weighted by Gasteiger charge is -2.26. The van der Waals surface area contributed by atoms with E-state index in [2.05, 4.69) is 0 Å². The van der Waals surface area contributed by atoms with Crippen LogP contribution in [0.2, 0.25) is 0 Å². The summed E-state index contributed by atoms with van der Waals surface area (Å²) >= 11 is 0. The Bertz CT molecular complexity index is 1550. The molecule has 1 atom stereocenters. The van der Waals surface area contributed by atoms with Gasteiger partial charge in [0.25, 0.3) is 5.69 Å². The molecule has 3 aromatic carbocycles. The molecule has 4 N–H and O–H groups in total. The molecule has 0 spiro atoms. The number of non-ortho nitro benzene ring substituents is 1. The highest BCUT2D eigenvalue weighted by Gasteiger charge is 2.30. The molecule has 13 nitrogen and oxygen atoms in total. The van der Waals surface area contributed by atoms with E-state index in [9.17, 15) is 44.3 Å². The molecule has 0 aliphatic carbocycles. The summed E-state index contributed by atoms with van der Waals surface area (Å²) in [5.74, 6) is -5.75. The monoisotopic (exact) mass is 576 g/mol. The summed E-state index contributed by atoms with van der Waals surface area (Å²) in [5.41, 5.74) is 7.30. The molecule has 0 saturated carbocycles. The molecule has 218 valence electrons. The van der Waals surface area contributed by atoms with Crippen LogP contribution in [0.3, 0.4) is 0 Å². The van der Waals surface area contributed by atoms with Gasteiger partial charge in [-0.15, -0.1) is 0 Å². The average Bonchev–Trinajstić information content (AvgIpc) is 2.96. The SMILES string of the molecule is CCc1cc(CC(N)C(=O)N(Cc2ccc([N+](=O)[O-])cc2)C(C)=O)ccc1N(C(=O)C(=O)O)c1ccccc1C(=O)O. The van der Waals surface area contributed by atoms with Gasteiger partial charge >= 0.3 is 17.8 Å². The Hall–Kier alpha value is -5.43. The third-order valence-electron chi connectivity index (χ3n) is 6.43. The minimum Gasteiger partial charge on any atom is -0.478 e. The van der Waals surface area contributed by atoms with E-state index in [4.69, 9.17) is 5.73 Å². The van der Waals surface area contributed by atoms with Gasteiger partial charge in [0.1, 0.15) is 0 Å². The highest BCUT2D eigenvalue weighted by atomic mass is 16.6. The third kappa shape index (κ3) is 7.01. The van der Waals surface area contributed by atoms with E-state index in [1.54, 1.807) is 13.0 Å². The number of imide groups is 1. The number of carbonyl (C=O) groups is 5. The van der Waals surface area contributed by atoms with Gasteiger partial charge in [0.15, 0.2) is 0 Å². The fourth-order valence-electron chi connectivity index (χ4n) is 4.35. The number of aromatic carboxylic acids is 1. The Morgan fingerprint density at radius 2 is 1.55 bits per heavy atom. The van der Waals surface area contributed by atoms with Crippen molar-refractivity contribution in [3.63, 3.8) is 0 Å². The topological polar surface area (TPSA) is 201 Å². The molecule has 3 rings (SSSR count). The molecular weight excluding hydrogens is 548 g/mol. The van der Waals surface area contributed by atoms with Crippen LogP contribution in [-0.2, 0) is 38.6 Å². The van der Waals surface area contributed by atoms with Crippen molar-refractivity contribution in [2.75, 3.05) is 4.90 Å². The van der Waals surface area contributed by atoms with Gasteiger partial charge in [0, 0.05) is 19.1 Å². The predicted octanol–water partition coefficient (Wildman–Crippen LogP) is 3.05. The molecule has 13 heteroatoms. The largest absolute Gasteiger partial charge is 0.478 e. The first-order valence-electron chi connectivity index (χ1n) is 12.7. The number of hydrogen-bond acceptors (Lipinski definition) is 8. The van der Waals surface area contributed by atoms with Gasteiger partial charge in [-0.25, -0.2) is 9.59 Å². The van der Waals surface area contributed by atoms with Gasteiger partial charge in [-0.2, -0.15) is 0 Å². The van der Waals surface area contributed by atoms with E-state index in [1.165, 1.54) is 67.6 Å². The quantitative estimate of drug-likeness (QED) is 0.183. The number of benzene rings is 3. The molecule has 0 aromatic heterocycles. The number of aryl methyl sites for hydroxylation is 1. The fraction of sp³-hybridized carbons (Fsp3) is 0.207. The first-order chi connectivity index (χ1) is 19.8.